The van der Waals surface area contributed by atoms with Crippen molar-refractivity contribution < 1.29 is 9.72 Å². The van der Waals surface area contributed by atoms with E-state index >= 15 is 0 Å². The minimum absolute atomic E-state index is 0.0339. The number of benzene rings is 1. The molecule has 0 saturated heterocycles. The third kappa shape index (κ3) is 3.45. The van der Waals surface area contributed by atoms with Crippen LogP contribution in [0.25, 0.3) is 0 Å². The largest absolute Gasteiger partial charge is 0.490 e. The molecule has 1 saturated carbocycles. The Kier molecular flexibility index (Phi) is 4.61. The van der Waals surface area contributed by atoms with Gasteiger partial charge in [0.15, 0.2) is 0 Å². The van der Waals surface area contributed by atoms with Crippen molar-refractivity contribution in [2.24, 2.45) is 0 Å². The van der Waals surface area contributed by atoms with Crippen molar-refractivity contribution in [1.82, 2.24) is 20.1 Å². The van der Waals surface area contributed by atoms with Gasteiger partial charge in [-0.25, -0.2) is 0 Å². The van der Waals surface area contributed by atoms with Crippen LogP contribution in [0, 0.1) is 10.1 Å². The summed E-state index contributed by atoms with van der Waals surface area (Å²) in [7, 11) is 0. The van der Waals surface area contributed by atoms with E-state index in [4.69, 9.17) is 0 Å². The predicted molar refractivity (Wildman–Crippen MR) is 89.4 cm³/mol. The minimum Gasteiger partial charge on any atom is -0.390 e. The normalized spacial score (nSPS) is 15.5. The number of nitro groups is 1. The number of hydrogen-bond donors (Lipinski definition) is 1. The lowest BCUT2D eigenvalue weighted by Gasteiger charge is -2.42. The summed E-state index contributed by atoms with van der Waals surface area (Å²) in [5.74, 6) is -0.747. The SMILES string of the molecule is O=C(Cn1cnc([N+](=O)[O-])n1)NCC1(c2cccc(Br)c2)CCC1. The molecule has 2 aromatic rings. The van der Waals surface area contributed by atoms with E-state index in [9.17, 15) is 14.9 Å². The molecule has 0 bridgehead atoms. The maximum atomic E-state index is 12.1. The second kappa shape index (κ2) is 6.68. The average Bonchev–Trinajstić information content (AvgIpc) is 2.95. The van der Waals surface area contributed by atoms with Crippen LogP contribution in [0.5, 0.6) is 0 Å². The van der Waals surface area contributed by atoms with Crippen LogP contribution in [0.4, 0.5) is 5.95 Å². The standard InChI is InChI=1S/C15H16BrN5O3/c16-12-4-1-3-11(7-12)15(5-2-6-15)9-17-13(22)8-20-10-18-14(19-20)21(23)24/h1,3-4,7,10H,2,5-6,8-9H2,(H,17,22). The quantitative estimate of drug-likeness (QED) is 0.598. The van der Waals surface area contributed by atoms with Crippen LogP contribution in [-0.4, -0.2) is 32.1 Å². The zero-order chi connectivity index (χ0) is 17.2. The highest BCUT2D eigenvalue weighted by molar-refractivity contribution is 9.10. The Morgan fingerprint density at radius 3 is 2.83 bits per heavy atom. The van der Waals surface area contributed by atoms with Gasteiger partial charge in [0.1, 0.15) is 6.54 Å². The van der Waals surface area contributed by atoms with Crippen LogP contribution in [0.15, 0.2) is 35.1 Å². The molecule has 1 fully saturated rings. The summed E-state index contributed by atoms with van der Waals surface area (Å²) >= 11 is 3.49. The fraction of sp³-hybridized carbons (Fsp3) is 0.400. The summed E-state index contributed by atoms with van der Waals surface area (Å²) in [4.78, 5) is 25.5. The fourth-order valence-corrected chi connectivity index (χ4v) is 3.30. The molecule has 8 nitrogen and oxygen atoms in total. The first-order valence-corrected chi connectivity index (χ1v) is 8.34. The molecule has 9 heteroatoms. The Hall–Kier alpha value is -2.29. The Balaban J connectivity index is 1.61. The third-order valence-corrected chi connectivity index (χ3v) is 4.86. The second-order valence-corrected chi connectivity index (χ2v) is 6.84. The van der Waals surface area contributed by atoms with Crippen LogP contribution in [0.3, 0.4) is 0 Å². The molecule has 1 aromatic heterocycles. The number of carbonyl (C=O) groups excluding carboxylic acids is 1. The molecule has 1 aliphatic rings. The van der Waals surface area contributed by atoms with E-state index in [0.717, 1.165) is 23.7 Å². The molecule has 1 aliphatic carbocycles. The van der Waals surface area contributed by atoms with Crippen LogP contribution in [0.2, 0.25) is 0 Å². The van der Waals surface area contributed by atoms with Gasteiger partial charge < -0.3 is 15.4 Å². The molecule has 1 N–H and O–H groups in total. The van der Waals surface area contributed by atoms with Gasteiger partial charge in [-0.15, -0.1) is 0 Å². The lowest BCUT2D eigenvalue weighted by Crippen LogP contribution is -2.46. The Labute approximate surface area is 146 Å². The lowest BCUT2D eigenvalue weighted by molar-refractivity contribution is -0.394. The first-order valence-electron chi connectivity index (χ1n) is 7.55. The summed E-state index contributed by atoms with van der Waals surface area (Å²) < 4.78 is 2.19. The van der Waals surface area contributed by atoms with E-state index in [-0.39, 0.29) is 17.9 Å². The molecule has 1 aromatic carbocycles. The monoisotopic (exact) mass is 393 g/mol. The zero-order valence-corrected chi connectivity index (χ0v) is 14.4. The summed E-state index contributed by atoms with van der Waals surface area (Å²) in [6.45, 7) is 0.453. The van der Waals surface area contributed by atoms with Crippen molar-refractivity contribution in [2.75, 3.05) is 6.54 Å². The molecule has 1 amide bonds. The summed E-state index contributed by atoms with van der Waals surface area (Å²) in [5, 5.41) is 17.1. The first kappa shape index (κ1) is 16.6. The number of nitrogens with one attached hydrogen (secondary N) is 1. The molecular weight excluding hydrogens is 378 g/mol. The van der Waals surface area contributed by atoms with Crippen LogP contribution in [0.1, 0.15) is 24.8 Å². The summed E-state index contributed by atoms with van der Waals surface area (Å²) in [5.41, 5.74) is 1.17. The van der Waals surface area contributed by atoms with E-state index in [2.05, 4.69) is 43.5 Å². The van der Waals surface area contributed by atoms with Gasteiger partial charge >= 0.3 is 5.95 Å². The molecule has 0 unspecified atom stereocenters. The van der Waals surface area contributed by atoms with Crippen LogP contribution in [-0.2, 0) is 16.8 Å². The molecule has 0 aliphatic heterocycles. The molecule has 3 rings (SSSR count). The minimum atomic E-state index is -0.689. The van der Waals surface area contributed by atoms with Gasteiger partial charge in [0.25, 0.3) is 0 Å². The molecular formula is C15H16BrN5O3. The zero-order valence-electron chi connectivity index (χ0n) is 12.8. The molecule has 0 radical (unpaired) electrons. The highest BCUT2D eigenvalue weighted by Crippen LogP contribution is 2.43. The van der Waals surface area contributed by atoms with Gasteiger partial charge in [-0.3, -0.25) is 4.79 Å². The lowest BCUT2D eigenvalue weighted by atomic mass is 9.64. The maximum Gasteiger partial charge on any atom is 0.490 e. The van der Waals surface area contributed by atoms with Crippen molar-refractivity contribution >= 4 is 27.8 Å². The fourth-order valence-electron chi connectivity index (χ4n) is 2.90. The molecule has 1 heterocycles. The number of aromatic nitrogens is 3. The smallest absolute Gasteiger partial charge is 0.390 e. The van der Waals surface area contributed by atoms with Crippen molar-refractivity contribution in [3.05, 3.63) is 50.7 Å². The number of nitrogens with zero attached hydrogens (tertiary/aromatic N) is 4. The maximum absolute atomic E-state index is 12.1. The number of hydrogen-bond acceptors (Lipinski definition) is 5. The third-order valence-electron chi connectivity index (χ3n) is 4.36. The predicted octanol–water partition coefficient (Wildman–Crippen LogP) is 2.19. The van der Waals surface area contributed by atoms with Crippen molar-refractivity contribution in [2.45, 2.75) is 31.2 Å². The number of amides is 1. The second-order valence-electron chi connectivity index (χ2n) is 5.92. The number of carbonyl (C=O) groups is 1. The van der Waals surface area contributed by atoms with Crippen LogP contribution >= 0.6 is 15.9 Å². The first-order chi connectivity index (χ1) is 11.5. The van der Waals surface area contributed by atoms with Crippen molar-refractivity contribution in [3.8, 4) is 0 Å². The highest BCUT2D eigenvalue weighted by atomic mass is 79.9. The van der Waals surface area contributed by atoms with Gasteiger partial charge in [0, 0.05) is 21.5 Å². The topological polar surface area (TPSA) is 103 Å². The molecule has 0 atom stereocenters. The average molecular weight is 394 g/mol. The van der Waals surface area contributed by atoms with Gasteiger partial charge in [-0.2, -0.15) is 4.68 Å². The number of halogens is 1. The highest BCUT2D eigenvalue weighted by Gasteiger charge is 2.39. The summed E-state index contributed by atoms with van der Waals surface area (Å²) in [6, 6.07) is 8.14. The Morgan fingerprint density at radius 2 is 2.25 bits per heavy atom. The van der Waals surface area contributed by atoms with Crippen molar-refractivity contribution in [1.29, 1.82) is 0 Å². The van der Waals surface area contributed by atoms with Gasteiger partial charge in [-0.1, -0.05) is 39.5 Å². The van der Waals surface area contributed by atoms with Crippen LogP contribution < -0.4 is 5.32 Å². The Bertz CT molecular complexity index is 772. The molecule has 24 heavy (non-hydrogen) atoms. The van der Waals surface area contributed by atoms with Gasteiger partial charge in [0.2, 0.25) is 12.2 Å². The van der Waals surface area contributed by atoms with Crippen molar-refractivity contribution in [3.63, 3.8) is 0 Å². The van der Waals surface area contributed by atoms with E-state index in [1.54, 1.807) is 0 Å². The van der Waals surface area contributed by atoms with E-state index in [0.29, 0.717) is 6.54 Å². The van der Waals surface area contributed by atoms with Gasteiger partial charge in [0.05, 0.1) is 0 Å². The van der Waals surface area contributed by atoms with E-state index < -0.39 is 10.9 Å². The van der Waals surface area contributed by atoms with E-state index in [1.165, 1.54) is 16.6 Å². The van der Waals surface area contributed by atoms with Gasteiger partial charge in [-0.05, 0) is 35.5 Å². The van der Waals surface area contributed by atoms with E-state index in [1.807, 2.05) is 12.1 Å². The molecule has 0 spiro atoms. The molecule has 126 valence electrons. The number of rotatable bonds is 6. The summed E-state index contributed by atoms with van der Waals surface area (Å²) in [6.07, 6.45) is 4.37. The Morgan fingerprint density at radius 1 is 1.46 bits per heavy atom.